The molecule has 2 heterocycles. The molecule has 1 aliphatic heterocycles. The molecule has 1 N–H and O–H groups in total. The second-order valence-corrected chi connectivity index (χ2v) is 7.32. The van der Waals surface area contributed by atoms with Crippen molar-refractivity contribution in [1.82, 2.24) is 0 Å². The first-order chi connectivity index (χ1) is 8.16. The van der Waals surface area contributed by atoms with Gasteiger partial charge in [-0.1, -0.05) is 25.1 Å². The topological polar surface area (TPSA) is 20.2 Å². The lowest BCUT2D eigenvalue weighted by Crippen LogP contribution is -2.31. The number of hydrogen-bond acceptors (Lipinski definition) is 3. The van der Waals surface area contributed by atoms with Gasteiger partial charge in [0.1, 0.15) is 0 Å². The van der Waals surface area contributed by atoms with Crippen LogP contribution in [0.1, 0.15) is 18.9 Å². The van der Waals surface area contributed by atoms with Crippen LogP contribution >= 0.6 is 23.1 Å². The zero-order chi connectivity index (χ0) is 11.9. The Kier molecular flexibility index (Phi) is 2.93. The van der Waals surface area contributed by atoms with E-state index in [1.54, 1.807) is 11.3 Å². The van der Waals surface area contributed by atoms with Crippen LogP contribution in [0.25, 0.3) is 10.1 Å². The second kappa shape index (κ2) is 4.30. The molecule has 0 radical (unpaired) electrons. The Hall–Kier alpha value is -0.510. The maximum absolute atomic E-state index is 10.6. The van der Waals surface area contributed by atoms with E-state index in [0.717, 1.165) is 18.6 Å². The predicted octanol–water partition coefficient (Wildman–Crippen LogP) is 3.70. The first kappa shape index (κ1) is 11.6. The first-order valence-corrected chi connectivity index (χ1v) is 7.88. The number of benzene rings is 1. The molecule has 1 nitrogen and oxygen atoms in total. The van der Waals surface area contributed by atoms with Crippen molar-refractivity contribution in [2.75, 3.05) is 5.75 Å². The van der Waals surface area contributed by atoms with Gasteiger partial charge in [0.2, 0.25) is 0 Å². The van der Waals surface area contributed by atoms with Crippen LogP contribution in [0.3, 0.4) is 0 Å². The summed E-state index contributed by atoms with van der Waals surface area (Å²) in [5.41, 5.74) is 0.816. The first-order valence-electron chi connectivity index (χ1n) is 5.95. The van der Waals surface area contributed by atoms with E-state index in [-0.39, 0.29) is 0 Å². The molecule has 1 fully saturated rings. The number of rotatable bonds is 2. The average Bonchev–Trinajstić information content (AvgIpc) is 2.85. The number of fused-ring (bicyclic) bond motifs is 1. The molecular weight excluding hydrogens is 248 g/mol. The third-order valence-corrected chi connectivity index (χ3v) is 5.84. The molecular formula is C14H16OS2. The molecule has 1 aromatic heterocycles. The van der Waals surface area contributed by atoms with E-state index in [4.69, 9.17) is 0 Å². The Morgan fingerprint density at radius 3 is 3.00 bits per heavy atom. The molecule has 17 heavy (non-hydrogen) atoms. The van der Waals surface area contributed by atoms with Gasteiger partial charge in [0, 0.05) is 22.1 Å². The van der Waals surface area contributed by atoms with E-state index >= 15 is 0 Å². The quantitative estimate of drug-likeness (QED) is 0.892. The number of hydrogen-bond donors (Lipinski definition) is 1. The highest BCUT2D eigenvalue weighted by atomic mass is 32.2. The summed E-state index contributed by atoms with van der Waals surface area (Å²) in [5.74, 6) is 0.873. The molecule has 0 bridgehead atoms. The number of aliphatic hydroxyl groups is 1. The highest BCUT2D eigenvalue weighted by Crippen LogP contribution is 2.38. The van der Waals surface area contributed by atoms with Crippen LogP contribution in [0, 0.1) is 0 Å². The highest BCUT2D eigenvalue weighted by Gasteiger charge is 2.36. The normalized spacial score (nSPS) is 28.9. The van der Waals surface area contributed by atoms with Crippen molar-refractivity contribution in [3.8, 4) is 0 Å². The molecule has 2 atom stereocenters. The largest absolute Gasteiger partial charge is 0.389 e. The van der Waals surface area contributed by atoms with E-state index < -0.39 is 5.60 Å². The monoisotopic (exact) mass is 264 g/mol. The fourth-order valence-electron chi connectivity index (χ4n) is 2.60. The molecule has 2 unspecified atom stereocenters. The minimum atomic E-state index is -0.492. The zero-order valence-electron chi connectivity index (χ0n) is 9.85. The van der Waals surface area contributed by atoms with Crippen LogP contribution in [0.2, 0.25) is 0 Å². The summed E-state index contributed by atoms with van der Waals surface area (Å²) in [5, 5.41) is 14.7. The van der Waals surface area contributed by atoms with Gasteiger partial charge in [-0.2, -0.15) is 11.8 Å². The van der Waals surface area contributed by atoms with Crippen LogP contribution in [-0.2, 0) is 6.42 Å². The third-order valence-electron chi connectivity index (χ3n) is 3.38. The smallest absolute Gasteiger partial charge is 0.0788 e. The van der Waals surface area contributed by atoms with Crippen LogP contribution in [-0.4, -0.2) is 21.7 Å². The summed E-state index contributed by atoms with van der Waals surface area (Å²) in [7, 11) is 0. The molecule has 0 saturated carbocycles. The van der Waals surface area contributed by atoms with E-state index in [1.807, 2.05) is 11.8 Å². The fraction of sp³-hybridized carbons (Fsp3) is 0.429. The summed E-state index contributed by atoms with van der Waals surface area (Å²) in [6, 6.07) is 8.47. The molecule has 90 valence electrons. The Morgan fingerprint density at radius 2 is 2.24 bits per heavy atom. The van der Waals surface area contributed by atoms with Gasteiger partial charge in [-0.25, -0.2) is 0 Å². The summed E-state index contributed by atoms with van der Waals surface area (Å²) >= 11 is 3.66. The van der Waals surface area contributed by atoms with Crippen LogP contribution < -0.4 is 0 Å². The summed E-state index contributed by atoms with van der Waals surface area (Å²) in [6.07, 6.45) is 1.72. The Balaban J connectivity index is 1.90. The maximum atomic E-state index is 10.6. The molecule has 3 rings (SSSR count). The van der Waals surface area contributed by atoms with Crippen molar-refractivity contribution < 1.29 is 5.11 Å². The van der Waals surface area contributed by atoms with Gasteiger partial charge in [0.05, 0.1) is 5.60 Å². The predicted molar refractivity (Wildman–Crippen MR) is 77.0 cm³/mol. The second-order valence-electron chi connectivity index (χ2n) is 4.98. The molecule has 0 amide bonds. The van der Waals surface area contributed by atoms with Crippen LogP contribution in [0.5, 0.6) is 0 Å². The Bertz CT molecular complexity index is 534. The number of thioether (sulfide) groups is 1. The van der Waals surface area contributed by atoms with Crippen LogP contribution in [0.15, 0.2) is 29.6 Å². The fourth-order valence-corrected chi connectivity index (χ4v) is 4.80. The minimum absolute atomic E-state index is 0.492. The summed E-state index contributed by atoms with van der Waals surface area (Å²) < 4.78 is 1.32. The van der Waals surface area contributed by atoms with E-state index in [9.17, 15) is 5.11 Å². The van der Waals surface area contributed by atoms with Gasteiger partial charge >= 0.3 is 0 Å². The Labute approximate surface area is 110 Å². The molecule has 1 aliphatic rings. The lowest BCUT2D eigenvalue weighted by Gasteiger charge is -2.21. The Morgan fingerprint density at radius 1 is 1.41 bits per heavy atom. The lowest BCUT2D eigenvalue weighted by molar-refractivity contribution is 0.0647. The van der Waals surface area contributed by atoms with Gasteiger partial charge in [-0.05, 0) is 28.8 Å². The zero-order valence-corrected chi connectivity index (χ0v) is 11.5. The SMILES string of the molecule is CC1CC(O)(Cc2csc3ccccc23)CS1. The highest BCUT2D eigenvalue weighted by molar-refractivity contribution is 8.00. The van der Waals surface area contributed by atoms with Crippen molar-refractivity contribution in [1.29, 1.82) is 0 Å². The lowest BCUT2D eigenvalue weighted by atomic mass is 9.92. The van der Waals surface area contributed by atoms with Crippen LogP contribution in [0.4, 0.5) is 0 Å². The summed E-state index contributed by atoms with van der Waals surface area (Å²) in [4.78, 5) is 0. The van der Waals surface area contributed by atoms with Crippen molar-refractivity contribution in [2.45, 2.75) is 30.6 Å². The van der Waals surface area contributed by atoms with Gasteiger partial charge in [0.15, 0.2) is 0 Å². The number of thiophene rings is 1. The van der Waals surface area contributed by atoms with Crippen molar-refractivity contribution in [3.63, 3.8) is 0 Å². The molecule has 3 heteroatoms. The van der Waals surface area contributed by atoms with Gasteiger partial charge < -0.3 is 5.11 Å². The van der Waals surface area contributed by atoms with Gasteiger partial charge in [0.25, 0.3) is 0 Å². The van der Waals surface area contributed by atoms with Crippen molar-refractivity contribution >= 4 is 33.2 Å². The molecule has 0 aliphatic carbocycles. The summed E-state index contributed by atoms with van der Waals surface area (Å²) in [6.45, 7) is 2.20. The van der Waals surface area contributed by atoms with Gasteiger partial charge in [-0.15, -0.1) is 11.3 Å². The average molecular weight is 264 g/mol. The molecule has 1 saturated heterocycles. The third kappa shape index (κ3) is 2.24. The van der Waals surface area contributed by atoms with Crippen molar-refractivity contribution in [3.05, 3.63) is 35.2 Å². The van der Waals surface area contributed by atoms with Gasteiger partial charge in [-0.3, -0.25) is 0 Å². The van der Waals surface area contributed by atoms with Crippen molar-refractivity contribution in [2.24, 2.45) is 0 Å². The van der Waals surface area contributed by atoms with E-state index in [2.05, 4.69) is 36.6 Å². The maximum Gasteiger partial charge on any atom is 0.0788 e. The molecule has 0 spiro atoms. The minimum Gasteiger partial charge on any atom is -0.389 e. The van der Waals surface area contributed by atoms with E-state index in [1.165, 1.54) is 15.6 Å². The van der Waals surface area contributed by atoms with E-state index in [0.29, 0.717) is 5.25 Å². The molecule has 2 aromatic rings. The standard InChI is InChI=1S/C14H16OS2/c1-10-6-14(15,9-17-10)7-11-8-16-13-5-3-2-4-12(11)13/h2-5,8,10,15H,6-7,9H2,1H3. The molecule has 1 aromatic carbocycles.